The summed E-state index contributed by atoms with van der Waals surface area (Å²) in [6.45, 7) is 0.745. The Balaban J connectivity index is 1.41. The quantitative estimate of drug-likeness (QED) is 0.741. The van der Waals surface area contributed by atoms with Crippen molar-refractivity contribution in [1.82, 2.24) is 20.2 Å². The molecule has 1 N–H and O–H groups in total. The minimum absolute atomic E-state index is 0.0835. The van der Waals surface area contributed by atoms with Crippen molar-refractivity contribution < 1.29 is 4.79 Å². The summed E-state index contributed by atoms with van der Waals surface area (Å²) in [5.74, 6) is 1.08. The van der Waals surface area contributed by atoms with E-state index in [0.29, 0.717) is 16.7 Å². The third-order valence-electron chi connectivity index (χ3n) is 3.93. The van der Waals surface area contributed by atoms with Crippen molar-refractivity contribution in [1.29, 1.82) is 0 Å². The molecule has 24 heavy (non-hydrogen) atoms. The smallest absolute Gasteiger partial charge is 0.237 e. The number of hydrogen-bond donors (Lipinski definition) is 1. The van der Waals surface area contributed by atoms with Crippen molar-refractivity contribution in [3.63, 3.8) is 0 Å². The number of amides is 1. The molecule has 0 unspecified atom stereocenters. The van der Waals surface area contributed by atoms with Crippen LogP contribution in [0.2, 0.25) is 0 Å². The van der Waals surface area contributed by atoms with Crippen LogP contribution in [0.3, 0.4) is 0 Å². The third-order valence-corrected chi connectivity index (χ3v) is 4.76. The van der Waals surface area contributed by atoms with Gasteiger partial charge in [0.15, 0.2) is 5.82 Å². The van der Waals surface area contributed by atoms with Gasteiger partial charge in [0.2, 0.25) is 11.1 Å². The number of H-pyrrole nitrogens is 1. The predicted octanol–water partition coefficient (Wildman–Crippen LogP) is 2.55. The van der Waals surface area contributed by atoms with Gasteiger partial charge in [-0.15, -0.1) is 5.10 Å². The molecule has 1 aliphatic heterocycles. The Kier molecular flexibility index (Phi) is 4.00. The maximum atomic E-state index is 12.5. The molecule has 0 saturated carbocycles. The number of para-hydroxylation sites is 1. The normalized spacial score (nSPS) is 13.1. The van der Waals surface area contributed by atoms with E-state index in [9.17, 15) is 4.79 Å². The lowest BCUT2D eigenvalue weighted by atomic mass is 10.2. The molecule has 7 heteroatoms. The van der Waals surface area contributed by atoms with Gasteiger partial charge in [-0.25, -0.2) is 4.98 Å². The fraction of sp³-hybridized carbons (Fsp3) is 0.176. The second-order valence-corrected chi connectivity index (χ2v) is 6.36. The van der Waals surface area contributed by atoms with E-state index in [2.05, 4.69) is 26.2 Å². The highest BCUT2D eigenvalue weighted by molar-refractivity contribution is 7.99. The predicted molar refractivity (Wildman–Crippen MR) is 92.8 cm³/mol. The number of aromatic nitrogens is 4. The Labute approximate surface area is 143 Å². The highest BCUT2D eigenvalue weighted by Gasteiger charge is 2.24. The molecule has 1 aromatic carbocycles. The highest BCUT2D eigenvalue weighted by Crippen LogP contribution is 2.28. The highest BCUT2D eigenvalue weighted by atomic mass is 32.2. The zero-order valence-electron chi connectivity index (χ0n) is 12.8. The Bertz CT molecular complexity index is 864. The molecule has 2 aromatic heterocycles. The van der Waals surface area contributed by atoms with Crippen LogP contribution in [0.5, 0.6) is 0 Å². The molecule has 0 atom stereocenters. The standard InChI is InChI=1S/C17H15N5OS/c23-15(22-10-7-12-3-1-2-4-14(12)22)11-24-17-19-16(20-21-17)13-5-8-18-9-6-13/h1-6,8-9H,7,10-11H2,(H,19,20,21). The lowest BCUT2D eigenvalue weighted by Crippen LogP contribution is -2.30. The monoisotopic (exact) mass is 337 g/mol. The van der Waals surface area contributed by atoms with Crippen LogP contribution in [0.25, 0.3) is 11.4 Å². The van der Waals surface area contributed by atoms with Crippen LogP contribution in [-0.2, 0) is 11.2 Å². The lowest BCUT2D eigenvalue weighted by molar-refractivity contribution is -0.116. The first kappa shape index (κ1) is 14.9. The second-order valence-electron chi connectivity index (χ2n) is 5.42. The number of hydrogen-bond acceptors (Lipinski definition) is 5. The number of carbonyl (C=O) groups excluding carboxylic acids is 1. The first-order chi connectivity index (χ1) is 11.8. The molecule has 1 amide bonds. The number of anilines is 1. The summed E-state index contributed by atoms with van der Waals surface area (Å²) >= 11 is 1.35. The summed E-state index contributed by atoms with van der Waals surface area (Å²) < 4.78 is 0. The van der Waals surface area contributed by atoms with E-state index in [1.54, 1.807) is 12.4 Å². The Morgan fingerprint density at radius 1 is 1.21 bits per heavy atom. The van der Waals surface area contributed by atoms with Crippen molar-refractivity contribution >= 4 is 23.4 Å². The second kappa shape index (κ2) is 6.45. The van der Waals surface area contributed by atoms with Crippen LogP contribution >= 0.6 is 11.8 Å². The van der Waals surface area contributed by atoms with Gasteiger partial charge in [-0.1, -0.05) is 30.0 Å². The van der Waals surface area contributed by atoms with Crippen LogP contribution in [0.1, 0.15) is 5.56 Å². The number of carbonyl (C=O) groups is 1. The number of thioether (sulfide) groups is 1. The molecule has 6 nitrogen and oxygen atoms in total. The molecule has 0 fully saturated rings. The first-order valence-electron chi connectivity index (χ1n) is 7.65. The molecular formula is C17H15N5OS. The van der Waals surface area contributed by atoms with E-state index in [4.69, 9.17) is 0 Å². The molecule has 0 spiro atoms. The zero-order valence-corrected chi connectivity index (χ0v) is 13.7. The molecule has 0 aliphatic carbocycles. The van der Waals surface area contributed by atoms with Gasteiger partial charge < -0.3 is 4.90 Å². The summed E-state index contributed by atoms with van der Waals surface area (Å²) in [4.78, 5) is 22.7. The van der Waals surface area contributed by atoms with Gasteiger partial charge in [-0.05, 0) is 30.2 Å². The maximum Gasteiger partial charge on any atom is 0.237 e. The average molecular weight is 337 g/mol. The van der Waals surface area contributed by atoms with Gasteiger partial charge in [0.25, 0.3) is 0 Å². The third kappa shape index (κ3) is 2.90. The largest absolute Gasteiger partial charge is 0.311 e. The topological polar surface area (TPSA) is 74.8 Å². The van der Waals surface area contributed by atoms with Crippen molar-refractivity contribution in [2.45, 2.75) is 11.6 Å². The Morgan fingerprint density at radius 3 is 2.92 bits per heavy atom. The fourth-order valence-electron chi connectivity index (χ4n) is 2.75. The number of nitrogens with zero attached hydrogens (tertiary/aromatic N) is 4. The summed E-state index contributed by atoms with van der Waals surface area (Å²) in [6.07, 6.45) is 4.33. The Hall–Kier alpha value is -2.67. The number of rotatable bonds is 4. The number of aromatic amines is 1. The minimum atomic E-state index is 0.0835. The molecule has 1 aliphatic rings. The molecule has 3 aromatic rings. The summed E-state index contributed by atoms with van der Waals surface area (Å²) in [5.41, 5.74) is 3.17. The van der Waals surface area contributed by atoms with Crippen LogP contribution in [0, 0.1) is 0 Å². The molecule has 0 bridgehead atoms. The van der Waals surface area contributed by atoms with Crippen LogP contribution in [0.15, 0.2) is 53.9 Å². The first-order valence-corrected chi connectivity index (χ1v) is 8.64. The number of fused-ring (bicyclic) bond motifs is 1. The van der Waals surface area contributed by atoms with E-state index < -0.39 is 0 Å². The lowest BCUT2D eigenvalue weighted by Gasteiger charge is -2.16. The number of nitrogens with one attached hydrogen (secondary N) is 1. The molecule has 3 heterocycles. The summed E-state index contributed by atoms with van der Waals surface area (Å²) in [5, 5.41) is 7.64. The van der Waals surface area contributed by atoms with Crippen LogP contribution in [0.4, 0.5) is 5.69 Å². The molecular weight excluding hydrogens is 322 g/mol. The van der Waals surface area contributed by atoms with Gasteiger partial charge >= 0.3 is 0 Å². The average Bonchev–Trinajstić information content (AvgIpc) is 3.27. The van der Waals surface area contributed by atoms with Gasteiger partial charge in [0.05, 0.1) is 5.75 Å². The minimum Gasteiger partial charge on any atom is -0.311 e. The SMILES string of the molecule is O=C(CSc1n[nH]c(-c2ccncc2)n1)N1CCc2ccccc21. The van der Waals surface area contributed by atoms with Gasteiger partial charge in [-0.2, -0.15) is 0 Å². The molecule has 0 saturated heterocycles. The van der Waals surface area contributed by atoms with E-state index in [0.717, 1.165) is 24.2 Å². The van der Waals surface area contributed by atoms with Crippen molar-refractivity contribution in [3.8, 4) is 11.4 Å². The fourth-order valence-corrected chi connectivity index (χ4v) is 3.43. The summed E-state index contributed by atoms with van der Waals surface area (Å²) in [6, 6.07) is 11.8. The van der Waals surface area contributed by atoms with Crippen molar-refractivity contribution in [3.05, 3.63) is 54.4 Å². The van der Waals surface area contributed by atoms with Gasteiger partial charge in [-0.3, -0.25) is 14.9 Å². The van der Waals surface area contributed by atoms with Crippen molar-refractivity contribution in [2.24, 2.45) is 0 Å². The van der Waals surface area contributed by atoms with Gasteiger partial charge in [0.1, 0.15) is 0 Å². The van der Waals surface area contributed by atoms with E-state index in [1.165, 1.54) is 17.3 Å². The number of pyridine rings is 1. The van der Waals surface area contributed by atoms with Crippen LogP contribution in [-0.4, -0.2) is 38.4 Å². The Morgan fingerprint density at radius 2 is 2.04 bits per heavy atom. The number of benzene rings is 1. The van der Waals surface area contributed by atoms with Crippen molar-refractivity contribution in [2.75, 3.05) is 17.2 Å². The molecule has 4 rings (SSSR count). The van der Waals surface area contributed by atoms with Crippen LogP contribution < -0.4 is 4.90 Å². The van der Waals surface area contributed by atoms with E-state index in [1.807, 2.05) is 35.2 Å². The molecule has 0 radical (unpaired) electrons. The maximum absolute atomic E-state index is 12.5. The zero-order chi connectivity index (χ0) is 16.4. The van der Waals surface area contributed by atoms with E-state index in [-0.39, 0.29) is 5.91 Å². The van der Waals surface area contributed by atoms with E-state index >= 15 is 0 Å². The van der Waals surface area contributed by atoms with Gasteiger partial charge in [0, 0.05) is 30.2 Å². The summed E-state index contributed by atoms with van der Waals surface area (Å²) in [7, 11) is 0. The molecule has 120 valence electrons.